The van der Waals surface area contributed by atoms with Crippen molar-refractivity contribution in [2.45, 2.75) is 12.8 Å². The van der Waals surface area contributed by atoms with E-state index in [0.717, 1.165) is 0 Å². The maximum atomic E-state index is 12.5. The summed E-state index contributed by atoms with van der Waals surface area (Å²) >= 11 is 1.86. The average molecular weight is 319 g/mol. The van der Waals surface area contributed by atoms with E-state index in [-0.39, 0.29) is 12.0 Å². The standard InChI is InChI=1S/C9H4F2IN3/c10-9(11)8-6(3-14)5(1-2-13)7(12)4-15-8/h4,9H,1H2. The first-order chi connectivity index (χ1) is 7.11. The second kappa shape index (κ2) is 4.99. The zero-order valence-electron chi connectivity index (χ0n) is 7.34. The molecule has 0 fully saturated rings. The van der Waals surface area contributed by atoms with E-state index in [9.17, 15) is 8.78 Å². The monoisotopic (exact) mass is 319 g/mol. The van der Waals surface area contributed by atoms with Crippen molar-refractivity contribution in [2.75, 3.05) is 0 Å². The van der Waals surface area contributed by atoms with Crippen molar-refractivity contribution in [2.24, 2.45) is 0 Å². The molecule has 76 valence electrons. The van der Waals surface area contributed by atoms with E-state index in [4.69, 9.17) is 10.5 Å². The fourth-order valence-electron chi connectivity index (χ4n) is 1.08. The lowest BCUT2D eigenvalue weighted by atomic mass is 10.1. The molecule has 0 atom stereocenters. The Labute approximate surface area is 98.5 Å². The maximum absolute atomic E-state index is 12.5. The number of nitrogens with zero attached hydrogens (tertiary/aromatic N) is 3. The number of pyridine rings is 1. The SMILES string of the molecule is N#CCc1c(I)cnc(C(F)F)c1C#N. The molecule has 1 aromatic heterocycles. The van der Waals surface area contributed by atoms with Crippen molar-refractivity contribution in [3.63, 3.8) is 0 Å². The van der Waals surface area contributed by atoms with Crippen LogP contribution in [0.4, 0.5) is 8.78 Å². The highest BCUT2D eigenvalue weighted by Crippen LogP contribution is 2.25. The summed E-state index contributed by atoms with van der Waals surface area (Å²) in [7, 11) is 0. The van der Waals surface area contributed by atoms with E-state index in [1.54, 1.807) is 6.07 Å². The molecule has 0 aliphatic heterocycles. The van der Waals surface area contributed by atoms with Gasteiger partial charge in [0.05, 0.1) is 18.1 Å². The fraction of sp³-hybridized carbons (Fsp3) is 0.222. The van der Waals surface area contributed by atoms with Crippen molar-refractivity contribution in [3.05, 3.63) is 26.6 Å². The van der Waals surface area contributed by atoms with Gasteiger partial charge < -0.3 is 0 Å². The Morgan fingerprint density at radius 2 is 2.13 bits per heavy atom. The third-order valence-corrected chi connectivity index (χ3v) is 2.67. The summed E-state index contributed by atoms with van der Waals surface area (Å²) in [6.45, 7) is 0. The van der Waals surface area contributed by atoms with Gasteiger partial charge in [0.25, 0.3) is 6.43 Å². The Morgan fingerprint density at radius 3 is 2.60 bits per heavy atom. The van der Waals surface area contributed by atoms with Crippen molar-refractivity contribution >= 4 is 22.6 Å². The summed E-state index contributed by atoms with van der Waals surface area (Å²) < 4.78 is 25.5. The molecule has 0 saturated carbocycles. The Bertz CT molecular complexity index is 460. The molecule has 6 heteroatoms. The van der Waals surface area contributed by atoms with Gasteiger partial charge in [0.15, 0.2) is 0 Å². The van der Waals surface area contributed by atoms with Gasteiger partial charge in [-0.15, -0.1) is 0 Å². The highest BCUT2D eigenvalue weighted by molar-refractivity contribution is 14.1. The molecular weight excluding hydrogens is 315 g/mol. The van der Waals surface area contributed by atoms with Crippen LogP contribution in [0.2, 0.25) is 0 Å². The zero-order chi connectivity index (χ0) is 11.4. The van der Waals surface area contributed by atoms with Gasteiger partial charge in [-0.2, -0.15) is 10.5 Å². The largest absolute Gasteiger partial charge is 0.281 e. The van der Waals surface area contributed by atoms with Crippen LogP contribution in [-0.2, 0) is 6.42 Å². The normalized spacial score (nSPS) is 9.73. The highest BCUT2D eigenvalue weighted by atomic mass is 127. The number of rotatable bonds is 2. The molecule has 3 nitrogen and oxygen atoms in total. The van der Waals surface area contributed by atoms with Crippen LogP contribution in [0.25, 0.3) is 0 Å². The number of hydrogen-bond donors (Lipinski definition) is 0. The number of hydrogen-bond acceptors (Lipinski definition) is 3. The molecule has 0 radical (unpaired) electrons. The summed E-state index contributed by atoms with van der Waals surface area (Å²) in [5.74, 6) is 0. The molecule has 0 unspecified atom stereocenters. The molecule has 1 aromatic rings. The van der Waals surface area contributed by atoms with E-state index in [1.807, 2.05) is 28.7 Å². The van der Waals surface area contributed by atoms with Gasteiger partial charge in [0, 0.05) is 15.3 Å². The van der Waals surface area contributed by atoms with Gasteiger partial charge in [-0.05, 0) is 22.6 Å². The van der Waals surface area contributed by atoms with E-state index >= 15 is 0 Å². The first-order valence-electron chi connectivity index (χ1n) is 3.84. The molecule has 1 heterocycles. The van der Waals surface area contributed by atoms with Crippen molar-refractivity contribution in [1.82, 2.24) is 4.98 Å². The van der Waals surface area contributed by atoms with E-state index in [1.165, 1.54) is 6.20 Å². The fourth-order valence-corrected chi connectivity index (χ4v) is 1.68. The minimum absolute atomic E-state index is 0.0661. The summed E-state index contributed by atoms with van der Waals surface area (Å²) in [6.07, 6.45) is -1.62. The zero-order valence-corrected chi connectivity index (χ0v) is 9.49. The number of nitriles is 2. The lowest BCUT2D eigenvalue weighted by molar-refractivity contribution is 0.145. The van der Waals surface area contributed by atoms with Crippen LogP contribution in [-0.4, -0.2) is 4.98 Å². The predicted molar refractivity (Wildman–Crippen MR) is 55.9 cm³/mol. The molecule has 0 aromatic carbocycles. The second-order valence-corrected chi connectivity index (χ2v) is 3.75. The Hall–Kier alpha value is -1.28. The molecule has 0 bridgehead atoms. The third kappa shape index (κ3) is 2.39. The number of alkyl halides is 2. The Balaban J connectivity index is 3.43. The summed E-state index contributed by atoms with van der Waals surface area (Å²) in [5.41, 5.74) is -0.410. The van der Waals surface area contributed by atoms with Crippen LogP contribution >= 0.6 is 22.6 Å². The van der Waals surface area contributed by atoms with Gasteiger partial charge in [0.2, 0.25) is 0 Å². The first kappa shape index (κ1) is 11.8. The summed E-state index contributed by atoms with van der Waals surface area (Å²) in [6, 6.07) is 3.51. The van der Waals surface area contributed by atoms with E-state index in [0.29, 0.717) is 9.13 Å². The van der Waals surface area contributed by atoms with Crippen molar-refractivity contribution in [3.8, 4) is 12.1 Å². The van der Waals surface area contributed by atoms with Crippen LogP contribution in [0, 0.1) is 26.2 Å². The van der Waals surface area contributed by atoms with Crippen LogP contribution in [0.1, 0.15) is 23.2 Å². The number of aromatic nitrogens is 1. The molecule has 0 aliphatic carbocycles. The molecule has 0 amide bonds. The van der Waals surface area contributed by atoms with Crippen molar-refractivity contribution < 1.29 is 8.78 Å². The van der Waals surface area contributed by atoms with E-state index in [2.05, 4.69) is 4.98 Å². The molecule has 1 rings (SSSR count). The Morgan fingerprint density at radius 1 is 1.47 bits per heavy atom. The van der Waals surface area contributed by atoms with Gasteiger partial charge in [-0.3, -0.25) is 4.98 Å². The minimum atomic E-state index is -2.80. The molecular formula is C9H4F2IN3. The number of halogens is 3. The topological polar surface area (TPSA) is 60.5 Å². The molecule has 0 spiro atoms. The van der Waals surface area contributed by atoms with E-state index < -0.39 is 12.1 Å². The van der Waals surface area contributed by atoms with Gasteiger partial charge in [-0.25, -0.2) is 8.78 Å². The van der Waals surface area contributed by atoms with Crippen LogP contribution in [0.15, 0.2) is 6.20 Å². The smallest absolute Gasteiger partial charge is 0.253 e. The first-order valence-corrected chi connectivity index (χ1v) is 4.92. The predicted octanol–water partition coefficient (Wildman–Crippen LogP) is 2.56. The lowest BCUT2D eigenvalue weighted by Crippen LogP contribution is -2.02. The molecule has 0 saturated heterocycles. The minimum Gasteiger partial charge on any atom is -0.253 e. The molecule has 0 aliphatic rings. The van der Waals surface area contributed by atoms with Gasteiger partial charge >= 0.3 is 0 Å². The molecule has 15 heavy (non-hydrogen) atoms. The lowest BCUT2D eigenvalue weighted by Gasteiger charge is -2.07. The molecule has 0 N–H and O–H groups in total. The van der Waals surface area contributed by atoms with Crippen LogP contribution < -0.4 is 0 Å². The second-order valence-electron chi connectivity index (χ2n) is 2.59. The maximum Gasteiger partial charge on any atom is 0.281 e. The van der Waals surface area contributed by atoms with Crippen molar-refractivity contribution in [1.29, 1.82) is 10.5 Å². The third-order valence-electron chi connectivity index (χ3n) is 1.74. The highest BCUT2D eigenvalue weighted by Gasteiger charge is 2.19. The quantitative estimate of drug-likeness (QED) is 0.787. The van der Waals surface area contributed by atoms with Gasteiger partial charge in [0.1, 0.15) is 11.8 Å². The summed E-state index contributed by atoms with van der Waals surface area (Å²) in [5, 5.41) is 17.3. The van der Waals surface area contributed by atoms with Crippen LogP contribution in [0.5, 0.6) is 0 Å². The van der Waals surface area contributed by atoms with Crippen LogP contribution in [0.3, 0.4) is 0 Å². The summed E-state index contributed by atoms with van der Waals surface area (Å²) in [4.78, 5) is 3.50. The van der Waals surface area contributed by atoms with Gasteiger partial charge in [-0.1, -0.05) is 0 Å². The Kier molecular flexibility index (Phi) is 3.92. The average Bonchev–Trinajstić information content (AvgIpc) is 2.20.